The normalized spacial score (nSPS) is 18.1. The summed E-state index contributed by atoms with van der Waals surface area (Å²) in [6.07, 6.45) is 7.21. The zero-order chi connectivity index (χ0) is 21.6. The summed E-state index contributed by atoms with van der Waals surface area (Å²) in [7, 11) is 0. The van der Waals surface area contributed by atoms with Crippen molar-refractivity contribution < 1.29 is 19.0 Å². The quantitative estimate of drug-likeness (QED) is 0.406. The minimum absolute atomic E-state index is 0.0627. The Bertz CT molecular complexity index is 702. The standard InChI is InChI=1S/C25H38NO4/c1-5-6-7-8-17-28-20-9-10-22-21(18-20)25(19-29-22)12-15-26(16-13-25)14-11-23(27)30-24(2,3)4/h9-10,14,18H,5-8,11-13,15-17,19H2,1-4H3. The number of esters is 1. The maximum absolute atomic E-state index is 12.0. The molecule has 1 fully saturated rings. The summed E-state index contributed by atoms with van der Waals surface area (Å²) < 4.78 is 17.5. The Morgan fingerprint density at radius 1 is 1.20 bits per heavy atom. The molecule has 3 rings (SSSR count). The van der Waals surface area contributed by atoms with Crippen molar-refractivity contribution in [3.63, 3.8) is 0 Å². The van der Waals surface area contributed by atoms with Gasteiger partial charge in [-0.05, 0) is 71.3 Å². The van der Waals surface area contributed by atoms with E-state index in [1.165, 1.54) is 24.8 Å². The summed E-state index contributed by atoms with van der Waals surface area (Å²) >= 11 is 0. The van der Waals surface area contributed by atoms with Crippen molar-refractivity contribution in [3.8, 4) is 11.5 Å². The topological polar surface area (TPSA) is 48.0 Å². The third-order valence-corrected chi connectivity index (χ3v) is 5.98. The first-order chi connectivity index (χ1) is 14.3. The number of likely N-dealkylation sites (tertiary alicyclic amines) is 1. The Balaban J connectivity index is 1.51. The number of hydrogen-bond acceptors (Lipinski definition) is 5. The number of unbranched alkanes of at least 4 members (excludes halogenated alkanes) is 3. The van der Waals surface area contributed by atoms with E-state index in [2.05, 4.69) is 24.0 Å². The average molecular weight is 417 g/mol. The molecule has 0 aromatic heterocycles. The fraction of sp³-hybridized carbons (Fsp3) is 0.680. The third-order valence-electron chi connectivity index (χ3n) is 5.98. The van der Waals surface area contributed by atoms with Gasteiger partial charge in [0.25, 0.3) is 0 Å². The Hall–Kier alpha value is -1.75. The van der Waals surface area contributed by atoms with Crippen molar-refractivity contribution in [1.29, 1.82) is 0 Å². The van der Waals surface area contributed by atoms with Crippen LogP contribution in [-0.4, -0.2) is 42.8 Å². The second-order valence-corrected chi connectivity index (χ2v) is 9.65. The molecule has 5 heteroatoms. The van der Waals surface area contributed by atoms with Gasteiger partial charge in [-0.15, -0.1) is 0 Å². The van der Waals surface area contributed by atoms with Crippen LogP contribution in [0.3, 0.4) is 0 Å². The van der Waals surface area contributed by atoms with Crippen molar-refractivity contribution in [1.82, 2.24) is 4.90 Å². The van der Waals surface area contributed by atoms with E-state index >= 15 is 0 Å². The lowest BCUT2D eigenvalue weighted by Crippen LogP contribution is -2.42. The van der Waals surface area contributed by atoms with Crippen LogP contribution < -0.4 is 9.47 Å². The molecule has 2 aliphatic rings. The van der Waals surface area contributed by atoms with Crippen LogP contribution in [-0.2, 0) is 14.9 Å². The molecule has 2 heterocycles. The molecule has 5 nitrogen and oxygen atoms in total. The van der Waals surface area contributed by atoms with Crippen LogP contribution in [0.1, 0.15) is 78.2 Å². The number of piperidine rings is 1. The Morgan fingerprint density at radius 3 is 2.67 bits per heavy atom. The van der Waals surface area contributed by atoms with Gasteiger partial charge >= 0.3 is 5.97 Å². The fourth-order valence-electron chi connectivity index (χ4n) is 4.29. The molecule has 0 bridgehead atoms. The van der Waals surface area contributed by atoms with Crippen LogP contribution in [0.4, 0.5) is 0 Å². The lowest BCUT2D eigenvalue weighted by atomic mass is 9.74. The second kappa shape index (κ2) is 10.0. The fourth-order valence-corrected chi connectivity index (χ4v) is 4.29. The molecule has 1 spiro atoms. The Kier molecular flexibility index (Phi) is 7.67. The van der Waals surface area contributed by atoms with Gasteiger partial charge < -0.3 is 14.2 Å². The summed E-state index contributed by atoms with van der Waals surface area (Å²) in [4.78, 5) is 14.2. The summed E-state index contributed by atoms with van der Waals surface area (Å²) in [5, 5.41) is 0. The minimum atomic E-state index is -0.433. The molecule has 0 unspecified atom stereocenters. The number of carbonyl (C=O) groups excluding carboxylic acids is 1. The van der Waals surface area contributed by atoms with Gasteiger partial charge in [-0.25, -0.2) is 0 Å². The molecular weight excluding hydrogens is 378 g/mol. The number of nitrogens with zero attached hydrogens (tertiary/aromatic N) is 1. The molecule has 1 saturated heterocycles. The molecule has 1 aromatic rings. The monoisotopic (exact) mass is 416 g/mol. The molecule has 2 aliphatic heterocycles. The molecule has 0 atom stereocenters. The molecule has 0 saturated carbocycles. The van der Waals surface area contributed by atoms with Crippen LogP contribution in [0.15, 0.2) is 18.2 Å². The summed E-state index contributed by atoms with van der Waals surface area (Å²) in [6, 6.07) is 6.29. The van der Waals surface area contributed by atoms with Crippen molar-refractivity contribution in [2.75, 3.05) is 26.3 Å². The van der Waals surface area contributed by atoms with Crippen LogP contribution >= 0.6 is 0 Å². The van der Waals surface area contributed by atoms with Crippen LogP contribution in [0.5, 0.6) is 11.5 Å². The lowest BCUT2D eigenvalue weighted by Gasteiger charge is -2.38. The molecule has 1 radical (unpaired) electrons. The highest BCUT2D eigenvalue weighted by atomic mass is 16.6. The van der Waals surface area contributed by atoms with E-state index in [1.807, 2.05) is 33.4 Å². The van der Waals surface area contributed by atoms with Gasteiger partial charge in [-0.3, -0.25) is 9.69 Å². The number of benzene rings is 1. The zero-order valence-corrected chi connectivity index (χ0v) is 19.2. The molecule has 0 N–H and O–H groups in total. The zero-order valence-electron chi connectivity index (χ0n) is 19.2. The molecule has 0 aliphatic carbocycles. The van der Waals surface area contributed by atoms with E-state index in [0.29, 0.717) is 6.42 Å². The van der Waals surface area contributed by atoms with Gasteiger partial charge in [0.15, 0.2) is 0 Å². The Morgan fingerprint density at radius 2 is 1.97 bits per heavy atom. The molecule has 167 valence electrons. The second-order valence-electron chi connectivity index (χ2n) is 9.65. The summed E-state index contributed by atoms with van der Waals surface area (Å²) in [6.45, 7) is 13.3. The first-order valence-corrected chi connectivity index (χ1v) is 11.5. The number of ether oxygens (including phenoxy) is 3. The SMILES string of the molecule is CCCCCCOc1ccc2c(c1)C1(CCN([CH]CC(=O)OC(C)(C)C)CC1)CO2. The number of carbonyl (C=O) groups is 1. The maximum Gasteiger partial charge on any atom is 0.307 e. The highest BCUT2D eigenvalue weighted by Crippen LogP contribution is 2.47. The average Bonchev–Trinajstić information content (AvgIpc) is 3.04. The summed E-state index contributed by atoms with van der Waals surface area (Å²) in [5.74, 6) is 1.78. The molecule has 1 aromatic carbocycles. The van der Waals surface area contributed by atoms with E-state index in [1.54, 1.807) is 0 Å². The van der Waals surface area contributed by atoms with Gasteiger partial charge in [0.2, 0.25) is 0 Å². The maximum atomic E-state index is 12.0. The van der Waals surface area contributed by atoms with Gasteiger partial charge in [-0.1, -0.05) is 26.2 Å². The molecular formula is C25H38NO4. The first kappa shape index (κ1) is 22.9. The van der Waals surface area contributed by atoms with Crippen LogP contribution in [0, 0.1) is 6.54 Å². The van der Waals surface area contributed by atoms with Crippen molar-refractivity contribution in [3.05, 3.63) is 30.3 Å². The van der Waals surface area contributed by atoms with E-state index in [0.717, 1.165) is 57.1 Å². The third kappa shape index (κ3) is 6.13. The van der Waals surface area contributed by atoms with Crippen molar-refractivity contribution in [2.24, 2.45) is 0 Å². The van der Waals surface area contributed by atoms with E-state index in [4.69, 9.17) is 14.2 Å². The number of hydrogen-bond donors (Lipinski definition) is 0. The first-order valence-electron chi connectivity index (χ1n) is 11.5. The van der Waals surface area contributed by atoms with Crippen molar-refractivity contribution in [2.45, 2.75) is 83.7 Å². The predicted molar refractivity (Wildman–Crippen MR) is 119 cm³/mol. The predicted octanol–water partition coefficient (Wildman–Crippen LogP) is 5.27. The van der Waals surface area contributed by atoms with Gasteiger partial charge in [0.1, 0.15) is 17.1 Å². The van der Waals surface area contributed by atoms with Gasteiger partial charge in [-0.2, -0.15) is 0 Å². The number of rotatable bonds is 9. The Labute approximate surface area is 182 Å². The largest absolute Gasteiger partial charge is 0.494 e. The van der Waals surface area contributed by atoms with Crippen molar-refractivity contribution >= 4 is 5.97 Å². The summed E-state index contributed by atoms with van der Waals surface area (Å²) in [5.41, 5.74) is 0.922. The number of fused-ring (bicyclic) bond motifs is 2. The molecule has 0 amide bonds. The smallest absolute Gasteiger partial charge is 0.307 e. The highest BCUT2D eigenvalue weighted by molar-refractivity contribution is 5.71. The van der Waals surface area contributed by atoms with Gasteiger partial charge in [0, 0.05) is 17.5 Å². The van der Waals surface area contributed by atoms with E-state index in [-0.39, 0.29) is 11.4 Å². The van der Waals surface area contributed by atoms with Gasteiger partial charge in [0.05, 0.1) is 19.6 Å². The van der Waals surface area contributed by atoms with Crippen LogP contribution in [0.2, 0.25) is 0 Å². The minimum Gasteiger partial charge on any atom is -0.494 e. The lowest BCUT2D eigenvalue weighted by molar-refractivity contribution is -0.154. The van der Waals surface area contributed by atoms with E-state index in [9.17, 15) is 4.79 Å². The van der Waals surface area contributed by atoms with E-state index < -0.39 is 5.60 Å². The highest BCUT2D eigenvalue weighted by Gasteiger charge is 2.43. The van der Waals surface area contributed by atoms with Crippen LogP contribution in [0.25, 0.3) is 0 Å². The molecule has 30 heavy (non-hydrogen) atoms.